The van der Waals surface area contributed by atoms with Crippen molar-refractivity contribution >= 4 is 21.8 Å². The highest BCUT2D eigenvalue weighted by Gasteiger charge is 2.30. The third kappa shape index (κ3) is 4.04. The Morgan fingerprint density at radius 2 is 1.64 bits per heavy atom. The molecule has 148 valence electrons. The third-order valence-electron chi connectivity index (χ3n) is 4.32. The van der Waals surface area contributed by atoms with E-state index in [1.807, 2.05) is 16.9 Å². The first kappa shape index (κ1) is 19.6. The Hall–Kier alpha value is -3.20. The molecule has 0 radical (unpaired) electrons. The van der Waals surface area contributed by atoms with Crippen molar-refractivity contribution in [3.63, 3.8) is 0 Å². The molecule has 1 aliphatic heterocycles. The normalized spacial score (nSPS) is 15.1. The largest absolute Gasteiger partial charge is 0.506 e. The molecule has 0 spiro atoms. The van der Waals surface area contributed by atoms with Gasteiger partial charge >= 0.3 is 10.2 Å². The zero-order valence-corrected chi connectivity index (χ0v) is 16.3. The van der Waals surface area contributed by atoms with Crippen LogP contribution in [0.1, 0.15) is 21.5 Å². The third-order valence-corrected chi connectivity index (χ3v) is 5.61. The number of hydrogen-bond acceptors (Lipinski definition) is 5. The maximum absolute atomic E-state index is 11.9. The van der Waals surface area contributed by atoms with Gasteiger partial charge in [-0.1, -0.05) is 18.2 Å². The lowest BCUT2D eigenvalue weighted by molar-refractivity contribution is 0.0827. The molecule has 0 aliphatic carbocycles. The van der Waals surface area contributed by atoms with Crippen LogP contribution in [0.2, 0.25) is 0 Å². The maximum Gasteiger partial charge on any atom is 0.330 e. The van der Waals surface area contributed by atoms with Crippen LogP contribution in [-0.2, 0) is 23.1 Å². The molecule has 0 aromatic heterocycles. The molecule has 8 nitrogen and oxygen atoms in total. The second kappa shape index (κ2) is 7.43. The molecular weight excluding hydrogens is 382 g/mol. The Morgan fingerprint density at radius 3 is 2.18 bits per heavy atom. The van der Waals surface area contributed by atoms with Gasteiger partial charge in [-0.25, -0.2) is 9.03 Å². The second-order valence-electron chi connectivity index (χ2n) is 6.64. The number of nitrogens with zero attached hydrogens (tertiary/aromatic N) is 2. The van der Waals surface area contributed by atoms with Crippen LogP contribution in [-0.4, -0.2) is 43.5 Å². The van der Waals surface area contributed by atoms with E-state index >= 15 is 0 Å². The van der Waals surface area contributed by atoms with Gasteiger partial charge in [0, 0.05) is 19.7 Å². The van der Waals surface area contributed by atoms with Crippen LogP contribution in [0.25, 0.3) is 0 Å². The fourth-order valence-electron chi connectivity index (χ4n) is 2.86. The number of phenolic OH excluding ortho intramolecular Hbond substituents is 1. The van der Waals surface area contributed by atoms with Crippen molar-refractivity contribution in [2.24, 2.45) is 0 Å². The monoisotopic (exact) mass is 403 g/mol. The summed E-state index contributed by atoms with van der Waals surface area (Å²) >= 11 is 0. The Kier molecular flexibility index (Phi) is 5.19. The first-order chi connectivity index (χ1) is 13.2. The lowest BCUT2D eigenvalue weighted by Crippen LogP contribution is -2.29. The molecule has 9 heteroatoms. The average Bonchev–Trinajstić information content (AvgIpc) is 2.91. The SMILES string of the molecule is CN(C)C(=O)c1ccc(CCc2ccc(N3C=C(O)NS3(=O)=O)c(O)c2)cc1. The fraction of sp³-hybridized carbons (Fsp3) is 0.211. The standard InChI is InChI=1S/C19H21N3O5S/c1-21(2)19(25)15-8-5-13(6-9-15)3-4-14-7-10-16(17(23)11-14)22-12-18(24)20-28(22,26)27/h5-12,20,23-24H,3-4H2,1-2H3. The lowest BCUT2D eigenvalue weighted by atomic mass is 10.0. The number of carbonyl (C=O) groups is 1. The van der Waals surface area contributed by atoms with Gasteiger partial charge in [-0.2, -0.15) is 8.42 Å². The van der Waals surface area contributed by atoms with Crippen molar-refractivity contribution in [3.8, 4) is 5.75 Å². The van der Waals surface area contributed by atoms with E-state index in [-0.39, 0.29) is 17.3 Å². The van der Waals surface area contributed by atoms with Crippen molar-refractivity contribution in [1.82, 2.24) is 9.62 Å². The summed E-state index contributed by atoms with van der Waals surface area (Å²) in [6.07, 6.45) is 2.31. The molecule has 0 atom stereocenters. The van der Waals surface area contributed by atoms with Gasteiger partial charge in [0.05, 0.1) is 6.20 Å². The molecule has 0 fully saturated rings. The summed E-state index contributed by atoms with van der Waals surface area (Å²) in [5.74, 6) is -0.779. The minimum absolute atomic E-state index is 0.0480. The smallest absolute Gasteiger partial charge is 0.330 e. The molecule has 3 rings (SSSR count). The topological polar surface area (TPSA) is 110 Å². The molecule has 1 heterocycles. The van der Waals surface area contributed by atoms with Crippen molar-refractivity contribution in [1.29, 1.82) is 0 Å². The number of amides is 1. The van der Waals surface area contributed by atoms with Crippen LogP contribution >= 0.6 is 0 Å². The number of nitrogens with one attached hydrogen (secondary N) is 1. The number of anilines is 1. The first-order valence-corrected chi connectivity index (χ1v) is 9.97. The van der Waals surface area contributed by atoms with Crippen molar-refractivity contribution in [2.45, 2.75) is 12.8 Å². The van der Waals surface area contributed by atoms with Gasteiger partial charge in [-0.05, 0) is 48.2 Å². The van der Waals surface area contributed by atoms with Gasteiger partial charge in [-0.15, -0.1) is 0 Å². The van der Waals surface area contributed by atoms with E-state index in [0.717, 1.165) is 21.6 Å². The van der Waals surface area contributed by atoms with Gasteiger partial charge in [0.15, 0.2) is 0 Å². The first-order valence-electron chi connectivity index (χ1n) is 8.53. The van der Waals surface area contributed by atoms with Crippen LogP contribution in [0.5, 0.6) is 5.75 Å². The van der Waals surface area contributed by atoms with E-state index in [0.29, 0.717) is 18.4 Å². The zero-order chi connectivity index (χ0) is 20.5. The van der Waals surface area contributed by atoms with E-state index in [4.69, 9.17) is 0 Å². The molecule has 28 heavy (non-hydrogen) atoms. The predicted molar refractivity (Wildman–Crippen MR) is 105 cm³/mol. The number of aromatic hydroxyl groups is 1. The number of aryl methyl sites for hydroxylation is 2. The highest BCUT2D eigenvalue weighted by Crippen LogP contribution is 2.32. The van der Waals surface area contributed by atoms with E-state index in [1.54, 1.807) is 32.3 Å². The van der Waals surface area contributed by atoms with Crippen LogP contribution < -0.4 is 9.03 Å². The van der Waals surface area contributed by atoms with Crippen molar-refractivity contribution < 1.29 is 23.4 Å². The average molecular weight is 403 g/mol. The molecule has 2 aromatic rings. The Bertz CT molecular complexity index is 1030. The molecule has 0 saturated carbocycles. The minimum atomic E-state index is -3.95. The highest BCUT2D eigenvalue weighted by atomic mass is 32.2. The Labute approximate surface area is 163 Å². The number of aliphatic hydroxyl groups excluding tert-OH is 1. The molecular formula is C19H21N3O5S. The number of aliphatic hydroxyl groups is 1. The summed E-state index contributed by atoms with van der Waals surface area (Å²) in [5, 5.41) is 19.6. The van der Waals surface area contributed by atoms with Crippen LogP contribution in [0, 0.1) is 0 Å². The summed E-state index contributed by atoms with van der Waals surface area (Å²) in [5.41, 5.74) is 2.53. The summed E-state index contributed by atoms with van der Waals surface area (Å²) in [6, 6.07) is 12.0. The van der Waals surface area contributed by atoms with Gasteiger partial charge in [0.1, 0.15) is 11.4 Å². The highest BCUT2D eigenvalue weighted by molar-refractivity contribution is 7.91. The fourth-order valence-corrected chi connectivity index (χ4v) is 3.93. The van der Waals surface area contributed by atoms with Crippen LogP contribution in [0.15, 0.2) is 54.5 Å². The number of carbonyl (C=O) groups excluding carboxylic acids is 1. The molecule has 1 amide bonds. The number of rotatable bonds is 5. The Morgan fingerprint density at radius 1 is 1.04 bits per heavy atom. The maximum atomic E-state index is 11.9. The summed E-state index contributed by atoms with van der Waals surface area (Å²) in [7, 11) is -0.545. The van der Waals surface area contributed by atoms with Crippen LogP contribution in [0.3, 0.4) is 0 Å². The summed E-state index contributed by atoms with van der Waals surface area (Å²) in [4.78, 5) is 13.4. The molecule has 3 N–H and O–H groups in total. The molecule has 0 bridgehead atoms. The second-order valence-corrected chi connectivity index (χ2v) is 8.18. The lowest BCUT2D eigenvalue weighted by Gasteiger charge is -2.16. The van der Waals surface area contributed by atoms with E-state index in [9.17, 15) is 23.4 Å². The number of hydrogen-bond donors (Lipinski definition) is 3. The van der Waals surface area contributed by atoms with Gasteiger partial charge in [0.2, 0.25) is 5.88 Å². The minimum Gasteiger partial charge on any atom is -0.506 e. The predicted octanol–water partition coefficient (Wildman–Crippen LogP) is 1.89. The zero-order valence-electron chi connectivity index (χ0n) is 15.5. The summed E-state index contributed by atoms with van der Waals surface area (Å²) in [6.45, 7) is 0. The molecule has 0 saturated heterocycles. The van der Waals surface area contributed by atoms with Crippen molar-refractivity contribution in [2.75, 3.05) is 18.4 Å². The van der Waals surface area contributed by atoms with Gasteiger partial charge in [0.25, 0.3) is 5.91 Å². The summed E-state index contributed by atoms with van der Waals surface area (Å²) < 4.78 is 26.5. The van der Waals surface area contributed by atoms with E-state index in [2.05, 4.69) is 0 Å². The number of benzene rings is 2. The van der Waals surface area contributed by atoms with Gasteiger partial charge in [-0.3, -0.25) is 4.79 Å². The number of phenols is 1. The van der Waals surface area contributed by atoms with E-state index < -0.39 is 16.1 Å². The molecule has 0 unspecified atom stereocenters. The Balaban J connectivity index is 1.69. The molecule has 1 aliphatic rings. The van der Waals surface area contributed by atoms with E-state index in [1.165, 1.54) is 17.0 Å². The van der Waals surface area contributed by atoms with Crippen LogP contribution in [0.4, 0.5) is 5.69 Å². The van der Waals surface area contributed by atoms with Crippen molar-refractivity contribution in [3.05, 3.63) is 71.2 Å². The van der Waals surface area contributed by atoms with Gasteiger partial charge < -0.3 is 15.1 Å². The quantitative estimate of drug-likeness (QED) is 0.706. The molecule has 2 aromatic carbocycles.